The Morgan fingerprint density at radius 3 is 1.19 bits per heavy atom. The molecule has 0 aromatic carbocycles. The van der Waals surface area contributed by atoms with Crippen LogP contribution in [0.4, 0.5) is 0 Å². The van der Waals surface area contributed by atoms with Crippen LogP contribution in [0.25, 0.3) is 0 Å². The Bertz CT molecular complexity index is 503. The van der Waals surface area contributed by atoms with E-state index in [1.807, 2.05) is 0 Å². The maximum absolute atomic E-state index is 5.15. The van der Waals surface area contributed by atoms with Crippen LogP contribution in [-0.4, -0.2) is 9.97 Å². The Morgan fingerprint density at radius 1 is 0.387 bits per heavy atom. The van der Waals surface area contributed by atoms with Crippen molar-refractivity contribution in [3.05, 3.63) is 22.8 Å². The van der Waals surface area contributed by atoms with Gasteiger partial charge in [0.05, 0.1) is 0 Å². The van der Waals surface area contributed by atoms with E-state index in [-0.39, 0.29) is 0 Å². The summed E-state index contributed by atoms with van der Waals surface area (Å²) in [7, 11) is 0. The molecule has 0 aliphatic heterocycles. The van der Waals surface area contributed by atoms with Gasteiger partial charge in [0, 0.05) is 17.8 Å². The molecule has 0 fully saturated rings. The van der Waals surface area contributed by atoms with Crippen LogP contribution in [-0.2, 0) is 25.7 Å². The highest BCUT2D eigenvalue weighted by Gasteiger charge is 2.14. The van der Waals surface area contributed by atoms with Gasteiger partial charge in [-0.3, -0.25) is 0 Å². The Labute approximate surface area is 195 Å². The lowest BCUT2D eigenvalue weighted by atomic mass is 9.96. The zero-order valence-corrected chi connectivity index (χ0v) is 21.7. The van der Waals surface area contributed by atoms with Crippen molar-refractivity contribution < 1.29 is 0 Å². The molecule has 0 aliphatic carbocycles. The first-order valence-corrected chi connectivity index (χ1v) is 14.1. The van der Waals surface area contributed by atoms with Gasteiger partial charge >= 0.3 is 0 Å². The van der Waals surface area contributed by atoms with Crippen molar-refractivity contribution in [3.63, 3.8) is 0 Å². The minimum atomic E-state index is 1.05. The van der Waals surface area contributed by atoms with Gasteiger partial charge < -0.3 is 0 Å². The predicted molar refractivity (Wildman–Crippen MR) is 138 cm³/mol. The average Bonchev–Trinajstić information content (AvgIpc) is 2.78. The van der Waals surface area contributed by atoms with Gasteiger partial charge in [0.15, 0.2) is 0 Å². The second-order valence-electron chi connectivity index (χ2n) is 9.61. The van der Waals surface area contributed by atoms with Crippen molar-refractivity contribution in [2.24, 2.45) is 0 Å². The highest BCUT2D eigenvalue weighted by molar-refractivity contribution is 5.27. The van der Waals surface area contributed by atoms with Crippen LogP contribution in [0.15, 0.2) is 0 Å². The molecule has 0 saturated heterocycles. The third kappa shape index (κ3) is 13.3. The van der Waals surface area contributed by atoms with Crippen LogP contribution in [0.3, 0.4) is 0 Å². The van der Waals surface area contributed by atoms with Crippen molar-refractivity contribution >= 4 is 0 Å². The molecule has 1 rings (SSSR count). The summed E-state index contributed by atoms with van der Waals surface area (Å²) in [5.41, 5.74) is 4.37. The van der Waals surface area contributed by atoms with E-state index in [9.17, 15) is 0 Å². The zero-order chi connectivity index (χ0) is 22.6. The van der Waals surface area contributed by atoms with Gasteiger partial charge in [0.2, 0.25) is 0 Å². The predicted octanol–water partition coefficient (Wildman–Crippen LogP) is 9.36. The Kier molecular flexibility index (Phi) is 17.9. The quantitative estimate of drug-likeness (QED) is 0.181. The highest BCUT2D eigenvalue weighted by Crippen LogP contribution is 2.22. The second-order valence-corrected chi connectivity index (χ2v) is 9.61. The Morgan fingerprint density at radius 2 is 0.774 bits per heavy atom. The lowest BCUT2D eigenvalue weighted by Gasteiger charge is -2.16. The SMILES string of the molecule is CCCCCCCc1nc(CCCC)nc(CCCCCCC)c1CCCCCCC. The second kappa shape index (κ2) is 19.7. The van der Waals surface area contributed by atoms with Gasteiger partial charge in [0.1, 0.15) is 5.82 Å². The summed E-state index contributed by atoms with van der Waals surface area (Å²) in [5, 5.41) is 0. The molecule has 2 nitrogen and oxygen atoms in total. The topological polar surface area (TPSA) is 25.8 Å². The van der Waals surface area contributed by atoms with E-state index in [0.29, 0.717) is 0 Å². The number of aromatic nitrogens is 2. The van der Waals surface area contributed by atoms with E-state index in [4.69, 9.17) is 9.97 Å². The van der Waals surface area contributed by atoms with Crippen LogP contribution in [0.2, 0.25) is 0 Å². The van der Waals surface area contributed by atoms with E-state index in [0.717, 1.165) is 12.2 Å². The summed E-state index contributed by atoms with van der Waals surface area (Å²) in [6.07, 6.45) is 27.2. The van der Waals surface area contributed by atoms with Crippen LogP contribution in [0.1, 0.15) is 160 Å². The van der Waals surface area contributed by atoms with Gasteiger partial charge in [-0.05, 0) is 50.5 Å². The fourth-order valence-corrected chi connectivity index (χ4v) is 4.48. The summed E-state index contributed by atoms with van der Waals surface area (Å²) < 4.78 is 0. The number of hydrogen-bond donors (Lipinski definition) is 0. The largest absolute Gasteiger partial charge is 0.238 e. The molecule has 1 aromatic rings. The Balaban J connectivity index is 2.91. The van der Waals surface area contributed by atoms with Crippen LogP contribution < -0.4 is 0 Å². The molecule has 1 aromatic heterocycles. The van der Waals surface area contributed by atoms with Gasteiger partial charge in [0.25, 0.3) is 0 Å². The van der Waals surface area contributed by atoms with Crippen LogP contribution >= 0.6 is 0 Å². The van der Waals surface area contributed by atoms with E-state index in [1.165, 1.54) is 140 Å². The fraction of sp³-hybridized carbons (Fsp3) is 0.862. The molecular weight excluding hydrogens is 376 g/mol. The molecule has 0 unspecified atom stereocenters. The van der Waals surface area contributed by atoms with Crippen molar-refractivity contribution in [1.29, 1.82) is 0 Å². The van der Waals surface area contributed by atoms with Gasteiger partial charge in [-0.15, -0.1) is 0 Å². The lowest BCUT2D eigenvalue weighted by molar-refractivity contribution is 0.597. The maximum Gasteiger partial charge on any atom is 0.128 e. The summed E-state index contributed by atoms with van der Waals surface area (Å²) in [6.45, 7) is 9.17. The van der Waals surface area contributed by atoms with Gasteiger partial charge in [-0.1, -0.05) is 111 Å². The molecular formula is C29H54N2. The molecule has 0 aliphatic rings. The van der Waals surface area contributed by atoms with Crippen molar-refractivity contribution in [2.45, 2.75) is 163 Å². The third-order valence-corrected chi connectivity index (χ3v) is 6.54. The van der Waals surface area contributed by atoms with Gasteiger partial charge in [-0.25, -0.2) is 9.97 Å². The van der Waals surface area contributed by atoms with E-state index in [2.05, 4.69) is 27.7 Å². The minimum Gasteiger partial charge on any atom is -0.238 e. The summed E-state index contributed by atoms with van der Waals surface area (Å²) >= 11 is 0. The first kappa shape index (κ1) is 28.1. The summed E-state index contributed by atoms with van der Waals surface area (Å²) in [5.74, 6) is 1.13. The number of hydrogen-bond acceptors (Lipinski definition) is 2. The van der Waals surface area contributed by atoms with E-state index >= 15 is 0 Å². The maximum atomic E-state index is 5.15. The van der Waals surface area contributed by atoms with Crippen molar-refractivity contribution in [1.82, 2.24) is 9.97 Å². The third-order valence-electron chi connectivity index (χ3n) is 6.54. The molecule has 0 spiro atoms. The first-order valence-electron chi connectivity index (χ1n) is 14.1. The van der Waals surface area contributed by atoms with Crippen LogP contribution in [0, 0.1) is 0 Å². The zero-order valence-electron chi connectivity index (χ0n) is 21.7. The monoisotopic (exact) mass is 430 g/mol. The molecule has 1 heterocycles. The van der Waals surface area contributed by atoms with Crippen LogP contribution in [0.5, 0.6) is 0 Å². The number of nitrogens with zero attached hydrogens (tertiary/aromatic N) is 2. The number of unbranched alkanes of at least 4 members (excludes halogenated alkanes) is 13. The molecule has 0 bridgehead atoms. The first-order chi connectivity index (χ1) is 15.3. The standard InChI is InChI=1S/C29H54N2/c1-5-9-13-16-19-22-26-27(23-20-17-14-10-6-2)30-29(25-12-8-4)31-28(26)24-21-18-15-11-7-3/h5-25H2,1-4H3. The smallest absolute Gasteiger partial charge is 0.128 e. The van der Waals surface area contributed by atoms with E-state index < -0.39 is 0 Å². The molecule has 0 N–H and O–H groups in total. The Hall–Kier alpha value is -0.920. The van der Waals surface area contributed by atoms with E-state index in [1.54, 1.807) is 5.56 Å². The van der Waals surface area contributed by atoms with Crippen molar-refractivity contribution in [3.8, 4) is 0 Å². The molecule has 0 saturated carbocycles. The number of aryl methyl sites for hydroxylation is 3. The minimum absolute atomic E-state index is 1.05. The van der Waals surface area contributed by atoms with Crippen molar-refractivity contribution in [2.75, 3.05) is 0 Å². The fourth-order valence-electron chi connectivity index (χ4n) is 4.48. The summed E-state index contributed by atoms with van der Waals surface area (Å²) in [4.78, 5) is 10.3. The summed E-state index contributed by atoms with van der Waals surface area (Å²) in [6, 6.07) is 0. The molecule has 0 radical (unpaired) electrons. The molecule has 31 heavy (non-hydrogen) atoms. The normalized spacial score (nSPS) is 11.4. The molecule has 0 atom stereocenters. The number of rotatable bonds is 21. The molecule has 0 amide bonds. The lowest BCUT2D eigenvalue weighted by Crippen LogP contribution is -2.11. The molecule has 180 valence electrons. The molecule has 2 heteroatoms. The average molecular weight is 431 g/mol. The highest BCUT2D eigenvalue weighted by atomic mass is 14.9. The van der Waals surface area contributed by atoms with Gasteiger partial charge in [-0.2, -0.15) is 0 Å².